The standard InChI is InChI=1S/C27H27ClN6O6/c1-32(13-16-4-7-18(38-2)8-5-16)21-12-24(28)31-26-25(21)29-15-33(26)27(35)30-19-11-23(19)40-14-17-6-9-22(39-3)20(10-17)34(36)37/h4-10,12,15,19,23H,11,13-14H2,1-3H3,(H,30,35)/t19-,23-/m1/s1. The highest BCUT2D eigenvalue weighted by molar-refractivity contribution is 6.30. The number of ether oxygens (including phenoxy) is 3. The summed E-state index contributed by atoms with van der Waals surface area (Å²) in [7, 11) is 4.92. The van der Waals surface area contributed by atoms with Gasteiger partial charge in [0.1, 0.15) is 22.7 Å². The number of nitro groups is 1. The summed E-state index contributed by atoms with van der Waals surface area (Å²) in [4.78, 5) is 34.6. The van der Waals surface area contributed by atoms with Crippen molar-refractivity contribution in [2.24, 2.45) is 0 Å². The average Bonchev–Trinajstić information content (AvgIpc) is 3.55. The first kappa shape index (κ1) is 27.2. The average molecular weight is 567 g/mol. The summed E-state index contributed by atoms with van der Waals surface area (Å²) in [6.07, 6.45) is 1.81. The number of nitrogens with zero attached hydrogens (tertiary/aromatic N) is 5. The maximum absolute atomic E-state index is 13.1. The Kier molecular flexibility index (Phi) is 7.71. The van der Waals surface area contributed by atoms with E-state index in [2.05, 4.69) is 15.3 Å². The van der Waals surface area contributed by atoms with Gasteiger partial charge in [-0.05, 0) is 35.7 Å². The first-order valence-corrected chi connectivity index (χ1v) is 12.8. The molecule has 40 heavy (non-hydrogen) atoms. The Morgan fingerprint density at radius 3 is 2.62 bits per heavy atom. The smallest absolute Gasteiger partial charge is 0.328 e. The molecule has 2 atom stereocenters. The molecule has 1 aliphatic carbocycles. The van der Waals surface area contributed by atoms with Gasteiger partial charge in [0.15, 0.2) is 11.4 Å². The Balaban J connectivity index is 1.23. The summed E-state index contributed by atoms with van der Waals surface area (Å²) in [5.41, 5.74) is 3.18. The van der Waals surface area contributed by atoms with Crippen molar-refractivity contribution in [3.8, 4) is 11.5 Å². The Hall–Kier alpha value is -4.42. The van der Waals surface area contributed by atoms with Gasteiger partial charge in [0.05, 0.1) is 43.6 Å². The zero-order valence-corrected chi connectivity index (χ0v) is 22.8. The minimum atomic E-state index is -0.500. The second-order valence-electron chi connectivity index (χ2n) is 9.36. The second-order valence-corrected chi connectivity index (χ2v) is 9.75. The van der Waals surface area contributed by atoms with E-state index in [-0.39, 0.29) is 35.3 Å². The molecular formula is C27H27ClN6O6. The molecule has 2 aromatic heterocycles. The third-order valence-corrected chi connectivity index (χ3v) is 6.80. The van der Waals surface area contributed by atoms with E-state index in [9.17, 15) is 14.9 Å². The van der Waals surface area contributed by atoms with Crippen molar-refractivity contribution in [2.75, 3.05) is 26.2 Å². The number of carbonyl (C=O) groups excluding carboxylic acids is 1. The molecule has 0 radical (unpaired) electrons. The van der Waals surface area contributed by atoms with Gasteiger partial charge in [-0.15, -0.1) is 0 Å². The Morgan fingerprint density at radius 2 is 1.93 bits per heavy atom. The quantitative estimate of drug-likeness (QED) is 0.166. The lowest BCUT2D eigenvalue weighted by Crippen LogP contribution is -2.32. The molecule has 1 amide bonds. The first-order chi connectivity index (χ1) is 19.3. The van der Waals surface area contributed by atoms with Gasteiger partial charge in [-0.2, -0.15) is 0 Å². The van der Waals surface area contributed by atoms with Crippen LogP contribution in [0.15, 0.2) is 54.9 Å². The highest BCUT2D eigenvalue weighted by Gasteiger charge is 2.40. The number of fused-ring (bicyclic) bond motifs is 1. The van der Waals surface area contributed by atoms with Gasteiger partial charge >= 0.3 is 11.7 Å². The molecule has 2 heterocycles. The first-order valence-electron chi connectivity index (χ1n) is 12.4. The summed E-state index contributed by atoms with van der Waals surface area (Å²) in [5.74, 6) is 0.958. The van der Waals surface area contributed by atoms with Gasteiger partial charge in [-0.3, -0.25) is 10.1 Å². The second kappa shape index (κ2) is 11.4. The highest BCUT2D eigenvalue weighted by atomic mass is 35.5. The van der Waals surface area contributed by atoms with Gasteiger partial charge in [-0.1, -0.05) is 29.8 Å². The van der Waals surface area contributed by atoms with Gasteiger partial charge in [0.25, 0.3) is 0 Å². The predicted octanol–water partition coefficient (Wildman–Crippen LogP) is 4.56. The monoisotopic (exact) mass is 566 g/mol. The van der Waals surface area contributed by atoms with E-state index in [0.717, 1.165) is 17.0 Å². The normalized spacial score (nSPS) is 16.0. The van der Waals surface area contributed by atoms with Crippen LogP contribution in [-0.4, -0.2) is 58.9 Å². The maximum atomic E-state index is 13.1. The van der Waals surface area contributed by atoms with Gasteiger partial charge in [0, 0.05) is 25.7 Å². The number of benzene rings is 2. The fraction of sp³-hybridized carbons (Fsp3) is 0.296. The number of hydrogen-bond acceptors (Lipinski definition) is 9. The third-order valence-electron chi connectivity index (χ3n) is 6.61. The lowest BCUT2D eigenvalue weighted by atomic mass is 10.2. The van der Waals surface area contributed by atoms with Crippen LogP contribution < -0.4 is 19.7 Å². The molecule has 0 aliphatic heterocycles. The van der Waals surface area contributed by atoms with Crippen LogP contribution in [0.5, 0.6) is 11.5 Å². The topological polar surface area (TPSA) is 134 Å². The number of methoxy groups -OCH3 is 2. The highest BCUT2D eigenvalue weighted by Crippen LogP contribution is 2.32. The SMILES string of the molecule is COc1ccc(CN(C)c2cc(Cl)nc3c2ncn3C(=O)N[C@@H]2C[C@H]2OCc2ccc(OC)c([N+](=O)[O-])c2)cc1. The van der Waals surface area contributed by atoms with E-state index in [1.54, 1.807) is 19.2 Å². The Morgan fingerprint density at radius 1 is 1.18 bits per heavy atom. The van der Waals surface area contributed by atoms with Crippen LogP contribution in [0.4, 0.5) is 16.2 Å². The summed E-state index contributed by atoms with van der Waals surface area (Å²) in [6.45, 7) is 0.744. The van der Waals surface area contributed by atoms with Crippen LogP contribution in [0.3, 0.4) is 0 Å². The largest absolute Gasteiger partial charge is 0.497 e. The molecule has 5 rings (SSSR count). The minimum absolute atomic E-state index is 0.128. The number of aromatic nitrogens is 3. The Labute approximate surface area is 234 Å². The molecular weight excluding hydrogens is 540 g/mol. The van der Waals surface area contributed by atoms with E-state index in [1.807, 2.05) is 36.2 Å². The molecule has 4 aromatic rings. The molecule has 2 aromatic carbocycles. The van der Waals surface area contributed by atoms with Crippen LogP contribution in [0.2, 0.25) is 5.15 Å². The molecule has 1 N–H and O–H groups in total. The lowest BCUT2D eigenvalue weighted by molar-refractivity contribution is -0.385. The lowest BCUT2D eigenvalue weighted by Gasteiger charge is -2.20. The van der Waals surface area contributed by atoms with Crippen LogP contribution in [0.1, 0.15) is 17.5 Å². The zero-order valence-electron chi connectivity index (χ0n) is 22.0. The fourth-order valence-corrected chi connectivity index (χ4v) is 4.56. The predicted molar refractivity (Wildman–Crippen MR) is 148 cm³/mol. The maximum Gasteiger partial charge on any atom is 0.328 e. The summed E-state index contributed by atoms with van der Waals surface area (Å²) in [5, 5.41) is 14.4. The molecule has 1 fully saturated rings. The van der Waals surface area contributed by atoms with Crippen molar-refractivity contribution < 1.29 is 23.9 Å². The van der Waals surface area contributed by atoms with Crippen molar-refractivity contribution in [2.45, 2.75) is 31.7 Å². The third kappa shape index (κ3) is 5.77. The van der Waals surface area contributed by atoms with Gasteiger partial charge in [0.2, 0.25) is 0 Å². The van der Waals surface area contributed by atoms with E-state index in [4.69, 9.17) is 25.8 Å². The minimum Gasteiger partial charge on any atom is -0.497 e. The number of anilines is 1. The van der Waals surface area contributed by atoms with Crippen LogP contribution in [0.25, 0.3) is 11.2 Å². The molecule has 1 aliphatic rings. The van der Waals surface area contributed by atoms with Crippen molar-refractivity contribution >= 4 is 40.2 Å². The van der Waals surface area contributed by atoms with E-state index < -0.39 is 11.0 Å². The van der Waals surface area contributed by atoms with Crippen molar-refractivity contribution in [1.82, 2.24) is 19.9 Å². The number of rotatable bonds is 10. The molecule has 1 saturated carbocycles. The van der Waals surface area contributed by atoms with Gasteiger partial charge in [-0.25, -0.2) is 19.3 Å². The number of imidazole rings is 1. The molecule has 13 heteroatoms. The summed E-state index contributed by atoms with van der Waals surface area (Å²) >= 11 is 6.34. The van der Waals surface area contributed by atoms with Crippen LogP contribution in [-0.2, 0) is 17.9 Å². The van der Waals surface area contributed by atoms with E-state index in [1.165, 1.54) is 30.1 Å². The molecule has 0 unspecified atom stereocenters. The fourth-order valence-electron chi connectivity index (χ4n) is 4.38. The number of carbonyl (C=O) groups is 1. The molecule has 0 bridgehead atoms. The summed E-state index contributed by atoms with van der Waals surface area (Å²) in [6, 6.07) is 13.5. The molecule has 12 nitrogen and oxygen atoms in total. The summed E-state index contributed by atoms with van der Waals surface area (Å²) < 4.78 is 17.4. The zero-order chi connectivity index (χ0) is 28.4. The number of hydrogen-bond donors (Lipinski definition) is 1. The van der Waals surface area contributed by atoms with Crippen molar-refractivity contribution in [3.05, 3.63) is 81.3 Å². The molecule has 0 saturated heterocycles. The molecule has 0 spiro atoms. The number of nitro benzene ring substituents is 1. The van der Waals surface area contributed by atoms with Crippen molar-refractivity contribution in [1.29, 1.82) is 0 Å². The molecule has 208 valence electrons. The van der Waals surface area contributed by atoms with Crippen molar-refractivity contribution in [3.63, 3.8) is 0 Å². The number of nitrogens with one attached hydrogen (secondary N) is 1. The van der Waals surface area contributed by atoms with Gasteiger partial charge < -0.3 is 24.4 Å². The van der Waals surface area contributed by atoms with E-state index in [0.29, 0.717) is 29.7 Å². The van der Waals surface area contributed by atoms with E-state index >= 15 is 0 Å². The number of halogens is 1. The van der Waals surface area contributed by atoms with Crippen LogP contribution >= 0.6 is 11.6 Å². The number of pyridine rings is 1. The Bertz CT molecular complexity index is 1560. The number of amides is 1. The van der Waals surface area contributed by atoms with Crippen LogP contribution in [0, 0.1) is 10.1 Å².